The monoisotopic (exact) mass is 645 g/mol. The lowest BCUT2D eigenvalue weighted by molar-refractivity contribution is 0.0595. The third-order valence-electron chi connectivity index (χ3n) is 8.69. The van der Waals surface area contributed by atoms with Gasteiger partial charge in [0.25, 0.3) is 0 Å². The van der Waals surface area contributed by atoms with E-state index in [1.54, 1.807) is 4.68 Å². The zero-order valence-electron chi connectivity index (χ0n) is 28.1. The van der Waals surface area contributed by atoms with Gasteiger partial charge in [0.15, 0.2) is 5.69 Å². The van der Waals surface area contributed by atoms with Crippen LogP contribution in [0.15, 0.2) is 97.1 Å². The second kappa shape index (κ2) is 15.3. The summed E-state index contributed by atoms with van der Waals surface area (Å²) in [6.45, 7) is 10.1. The zero-order chi connectivity index (χ0) is 33.5. The number of likely N-dealkylation sites (N-methyl/N-ethyl adjacent to an activating group) is 1. The Kier molecular flexibility index (Phi) is 10.5. The largest absolute Gasteiger partial charge is 0.488 e. The van der Waals surface area contributed by atoms with Crippen LogP contribution in [0.4, 0.5) is 0 Å². The fourth-order valence-electron chi connectivity index (χ4n) is 5.87. The number of methoxy groups -OCH3 is 1. The van der Waals surface area contributed by atoms with Gasteiger partial charge < -0.3 is 19.1 Å². The lowest BCUT2D eigenvalue weighted by Crippen LogP contribution is -2.43. The van der Waals surface area contributed by atoms with Gasteiger partial charge in [-0.3, -0.25) is 4.90 Å². The second-order valence-corrected chi connectivity index (χ2v) is 12.5. The molecule has 5 aromatic rings. The highest BCUT2D eigenvalue weighted by Gasteiger charge is 2.26. The quantitative estimate of drug-likeness (QED) is 0.138. The van der Waals surface area contributed by atoms with Crippen molar-refractivity contribution in [1.29, 1.82) is 0 Å². The minimum atomic E-state index is -0.559. The standard InChI is InChI=1S/C39H43N5O4/c1-28(2)33-23-34(36(48-27-31-13-9-6-10-14-31)24-35(33)47-26-30-11-7-5-8-12-30)44-38(37(40-41-44)39(45)46-4)32-17-15-29(16-18-32)25-43-21-19-42(3)20-22-43/h5-18,23-24,28H,19-22,25-27H2,1-4H3. The minimum absolute atomic E-state index is 0.124. The number of aromatic nitrogens is 3. The number of piperazine rings is 1. The first kappa shape index (κ1) is 32.9. The summed E-state index contributed by atoms with van der Waals surface area (Å²) in [5, 5.41) is 8.86. The van der Waals surface area contributed by atoms with Gasteiger partial charge >= 0.3 is 5.97 Å². The van der Waals surface area contributed by atoms with E-state index < -0.39 is 5.97 Å². The van der Waals surface area contributed by atoms with Crippen LogP contribution in [0, 0.1) is 0 Å². The molecule has 0 radical (unpaired) electrons. The van der Waals surface area contributed by atoms with Crippen LogP contribution in [-0.4, -0.2) is 71.1 Å². The first-order valence-corrected chi connectivity index (χ1v) is 16.5. The molecule has 248 valence electrons. The van der Waals surface area contributed by atoms with Crippen LogP contribution in [0.5, 0.6) is 11.5 Å². The normalized spacial score (nSPS) is 13.9. The van der Waals surface area contributed by atoms with Gasteiger partial charge in [0.2, 0.25) is 0 Å². The zero-order valence-corrected chi connectivity index (χ0v) is 28.1. The molecule has 9 heteroatoms. The van der Waals surface area contributed by atoms with Crippen molar-refractivity contribution in [3.05, 3.63) is 125 Å². The average molecular weight is 646 g/mol. The molecular formula is C39H43N5O4. The average Bonchev–Trinajstić information content (AvgIpc) is 3.56. The van der Waals surface area contributed by atoms with E-state index in [1.807, 2.05) is 84.9 Å². The Hall–Kier alpha value is -4.99. The van der Waals surface area contributed by atoms with Crippen LogP contribution >= 0.6 is 0 Å². The molecule has 0 bridgehead atoms. The molecule has 1 aliphatic heterocycles. The Morgan fingerprint density at radius 2 is 1.38 bits per heavy atom. The Labute approximate surface area is 282 Å². The highest BCUT2D eigenvalue weighted by molar-refractivity contribution is 5.94. The Balaban J connectivity index is 1.40. The number of carbonyl (C=O) groups is 1. The van der Waals surface area contributed by atoms with E-state index in [-0.39, 0.29) is 11.6 Å². The van der Waals surface area contributed by atoms with E-state index in [4.69, 9.17) is 14.2 Å². The third kappa shape index (κ3) is 7.75. The van der Waals surface area contributed by atoms with Gasteiger partial charge in [-0.05, 0) is 41.3 Å². The van der Waals surface area contributed by atoms with E-state index in [1.165, 1.54) is 12.7 Å². The Morgan fingerprint density at radius 1 is 0.771 bits per heavy atom. The molecule has 48 heavy (non-hydrogen) atoms. The van der Waals surface area contributed by atoms with Crippen molar-refractivity contribution in [3.63, 3.8) is 0 Å². The van der Waals surface area contributed by atoms with Crippen LogP contribution < -0.4 is 9.47 Å². The number of benzene rings is 4. The van der Waals surface area contributed by atoms with Crippen molar-refractivity contribution < 1.29 is 19.0 Å². The van der Waals surface area contributed by atoms with Gasteiger partial charge in [0.05, 0.1) is 7.11 Å². The molecule has 1 saturated heterocycles. The van der Waals surface area contributed by atoms with E-state index in [0.717, 1.165) is 60.7 Å². The SMILES string of the molecule is COC(=O)c1nnn(-c2cc(C(C)C)c(OCc3ccccc3)cc2OCc2ccccc2)c1-c1ccc(CN2CCN(C)CC2)cc1. The fourth-order valence-corrected chi connectivity index (χ4v) is 5.87. The maximum atomic E-state index is 13.1. The molecule has 0 unspecified atom stereocenters. The molecule has 9 nitrogen and oxygen atoms in total. The molecule has 4 aromatic carbocycles. The van der Waals surface area contributed by atoms with Crippen LogP contribution in [0.1, 0.15) is 52.5 Å². The van der Waals surface area contributed by atoms with Gasteiger partial charge in [-0.2, -0.15) is 0 Å². The Bertz CT molecular complexity index is 1800. The number of hydrogen-bond donors (Lipinski definition) is 0. The number of esters is 1. The van der Waals surface area contributed by atoms with Gasteiger partial charge in [-0.15, -0.1) is 5.10 Å². The summed E-state index contributed by atoms with van der Waals surface area (Å²) in [6, 6.07) is 32.3. The molecule has 1 fully saturated rings. The van der Waals surface area contributed by atoms with Crippen molar-refractivity contribution in [1.82, 2.24) is 24.8 Å². The number of ether oxygens (including phenoxy) is 3. The molecule has 0 saturated carbocycles. The second-order valence-electron chi connectivity index (χ2n) is 12.5. The van der Waals surface area contributed by atoms with Gasteiger partial charge in [0.1, 0.15) is 36.1 Å². The number of carbonyl (C=O) groups excluding carboxylic acids is 1. The summed E-state index contributed by atoms with van der Waals surface area (Å²) in [6.07, 6.45) is 0. The highest BCUT2D eigenvalue weighted by Crippen LogP contribution is 2.39. The summed E-state index contributed by atoms with van der Waals surface area (Å²) in [4.78, 5) is 17.9. The van der Waals surface area contributed by atoms with E-state index in [0.29, 0.717) is 30.3 Å². The van der Waals surface area contributed by atoms with Crippen molar-refractivity contribution in [3.8, 4) is 28.4 Å². The fraction of sp³-hybridized carbons (Fsp3) is 0.308. The third-order valence-corrected chi connectivity index (χ3v) is 8.69. The molecule has 1 aliphatic rings. The summed E-state index contributed by atoms with van der Waals surface area (Å²) >= 11 is 0. The summed E-state index contributed by atoms with van der Waals surface area (Å²) in [5.41, 5.74) is 6.40. The maximum Gasteiger partial charge on any atom is 0.360 e. The minimum Gasteiger partial charge on any atom is -0.488 e. The summed E-state index contributed by atoms with van der Waals surface area (Å²) in [5.74, 6) is 0.847. The van der Waals surface area contributed by atoms with Crippen LogP contribution in [0.3, 0.4) is 0 Å². The molecule has 2 heterocycles. The molecule has 0 atom stereocenters. The smallest absolute Gasteiger partial charge is 0.360 e. The van der Waals surface area contributed by atoms with Crippen LogP contribution in [0.2, 0.25) is 0 Å². The van der Waals surface area contributed by atoms with Gasteiger partial charge in [-0.1, -0.05) is 104 Å². The molecule has 0 aliphatic carbocycles. The van der Waals surface area contributed by atoms with Gasteiger partial charge in [0, 0.05) is 44.4 Å². The van der Waals surface area contributed by atoms with E-state index >= 15 is 0 Å². The lowest BCUT2D eigenvalue weighted by atomic mass is 10.00. The van der Waals surface area contributed by atoms with E-state index in [2.05, 4.69) is 53.1 Å². The maximum absolute atomic E-state index is 13.1. The summed E-state index contributed by atoms with van der Waals surface area (Å²) in [7, 11) is 3.52. The highest BCUT2D eigenvalue weighted by atomic mass is 16.5. The number of hydrogen-bond acceptors (Lipinski definition) is 8. The first-order chi connectivity index (χ1) is 23.4. The molecular weight excluding hydrogens is 602 g/mol. The van der Waals surface area contributed by atoms with Crippen molar-refractivity contribution in [2.75, 3.05) is 40.3 Å². The predicted molar refractivity (Wildman–Crippen MR) is 187 cm³/mol. The molecule has 6 rings (SSSR count). The lowest BCUT2D eigenvalue weighted by Gasteiger charge is -2.32. The predicted octanol–water partition coefficient (Wildman–Crippen LogP) is 6.75. The molecule has 0 N–H and O–H groups in total. The summed E-state index contributed by atoms with van der Waals surface area (Å²) < 4.78 is 19.8. The number of nitrogens with zero attached hydrogens (tertiary/aromatic N) is 5. The van der Waals surface area contributed by atoms with Crippen LogP contribution in [0.25, 0.3) is 16.9 Å². The van der Waals surface area contributed by atoms with Crippen molar-refractivity contribution >= 4 is 5.97 Å². The van der Waals surface area contributed by atoms with Crippen LogP contribution in [-0.2, 0) is 24.5 Å². The van der Waals surface area contributed by atoms with Gasteiger partial charge in [-0.25, -0.2) is 9.48 Å². The number of rotatable bonds is 12. The first-order valence-electron chi connectivity index (χ1n) is 16.5. The molecule has 0 amide bonds. The topological polar surface area (TPSA) is 81.9 Å². The molecule has 0 spiro atoms. The van der Waals surface area contributed by atoms with Crippen molar-refractivity contribution in [2.24, 2.45) is 0 Å². The van der Waals surface area contributed by atoms with E-state index in [9.17, 15) is 4.79 Å². The Morgan fingerprint density at radius 3 is 1.96 bits per heavy atom. The molecule has 1 aromatic heterocycles. The van der Waals surface area contributed by atoms with Crippen molar-refractivity contribution in [2.45, 2.75) is 39.5 Å².